The number of benzene rings is 1. The Morgan fingerprint density at radius 2 is 1.96 bits per heavy atom. The number of nitrogens with one attached hydrogen (secondary N) is 1. The number of halogens is 1. The van der Waals surface area contributed by atoms with Crippen molar-refractivity contribution in [1.82, 2.24) is 5.32 Å². The summed E-state index contributed by atoms with van der Waals surface area (Å²) in [5, 5.41) is 3.07. The molecular weight excluding hydrogens is 346 g/mol. The van der Waals surface area contributed by atoms with Gasteiger partial charge in [-0.1, -0.05) is 12.8 Å². The van der Waals surface area contributed by atoms with Crippen LogP contribution >= 0.6 is 12.4 Å². The molecule has 2 rings (SSSR count). The molecule has 1 saturated carbocycles. The van der Waals surface area contributed by atoms with Gasteiger partial charge in [-0.15, -0.1) is 12.4 Å². The van der Waals surface area contributed by atoms with Gasteiger partial charge in [0, 0.05) is 11.6 Å². The van der Waals surface area contributed by atoms with Crippen LogP contribution < -0.4 is 26.3 Å². The zero-order chi connectivity index (χ0) is 17.5. The summed E-state index contributed by atoms with van der Waals surface area (Å²) >= 11 is 0. The molecule has 0 bridgehead atoms. The van der Waals surface area contributed by atoms with Gasteiger partial charge in [-0.05, 0) is 43.5 Å². The van der Waals surface area contributed by atoms with Crippen molar-refractivity contribution in [3.63, 3.8) is 0 Å². The third-order valence-corrected chi connectivity index (χ3v) is 4.32. The second-order valence-electron chi connectivity index (χ2n) is 5.98. The minimum absolute atomic E-state index is 0. The highest BCUT2D eigenvalue weighted by atomic mass is 35.5. The minimum atomic E-state index is -0.580. The lowest BCUT2D eigenvalue weighted by atomic mass is 9.84. The first-order chi connectivity index (χ1) is 11.5. The zero-order valence-corrected chi connectivity index (χ0v) is 15.1. The monoisotopic (exact) mass is 371 g/mol. The number of hydrogen-bond acceptors (Lipinski definition) is 5. The smallest absolute Gasteiger partial charge is 0.255 e. The largest absolute Gasteiger partial charge is 0.493 e. The predicted octanol–water partition coefficient (Wildman–Crippen LogP) is 1.23. The average Bonchev–Trinajstić information content (AvgIpc) is 2.60. The highest BCUT2D eigenvalue weighted by Gasteiger charge is 2.26. The van der Waals surface area contributed by atoms with Crippen molar-refractivity contribution < 1.29 is 19.1 Å². The van der Waals surface area contributed by atoms with Gasteiger partial charge in [-0.2, -0.15) is 0 Å². The van der Waals surface area contributed by atoms with E-state index >= 15 is 0 Å². The molecule has 0 saturated heterocycles. The minimum Gasteiger partial charge on any atom is -0.493 e. The van der Waals surface area contributed by atoms with Gasteiger partial charge in [0.15, 0.2) is 18.1 Å². The van der Waals surface area contributed by atoms with Gasteiger partial charge in [0.25, 0.3) is 11.8 Å². The van der Waals surface area contributed by atoms with E-state index in [0.717, 1.165) is 25.7 Å². The van der Waals surface area contributed by atoms with E-state index < -0.39 is 5.91 Å². The van der Waals surface area contributed by atoms with Gasteiger partial charge in [-0.3, -0.25) is 9.59 Å². The quantitative estimate of drug-likeness (QED) is 0.666. The van der Waals surface area contributed by atoms with E-state index in [4.69, 9.17) is 20.9 Å². The molecule has 0 radical (unpaired) electrons. The summed E-state index contributed by atoms with van der Waals surface area (Å²) in [6.45, 7) is 0.330. The number of methoxy groups -OCH3 is 1. The molecule has 0 aromatic heterocycles. The first kappa shape index (κ1) is 21.1. The molecule has 0 aliphatic heterocycles. The van der Waals surface area contributed by atoms with Crippen LogP contribution in [0.2, 0.25) is 0 Å². The van der Waals surface area contributed by atoms with E-state index in [2.05, 4.69) is 5.32 Å². The Morgan fingerprint density at radius 3 is 2.60 bits per heavy atom. The van der Waals surface area contributed by atoms with E-state index in [1.807, 2.05) is 0 Å². The third-order valence-electron chi connectivity index (χ3n) is 4.32. The fourth-order valence-corrected chi connectivity index (χ4v) is 3.01. The molecule has 2 unspecified atom stereocenters. The molecule has 1 aliphatic rings. The molecule has 2 atom stereocenters. The van der Waals surface area contributed by atoms with Crippen molar-refractivity contribution in [2.45, 2.75) is 31.7 Å². The van der Waals surface area contributed by atoms with E-state index in [9.17, 15) is 9.59 Å². The average molecular weight is 372 g/mol. The number of ether oxygens (including phenoxy) is 2. The number of amides is 2. The number of carbonyl (C=O) groups is 2. The van der Waals surface area contributed by atoms with Crippen molar-refractivity contribution in [2.24, 2.45) is 17.4 Å². The van der Waals surface area contributed by atoms with Crippen molar-refractivity contribution in [3.05, 3.63) is 23.8 Å². The number of hydrogen-bond donors (Lipinski definition) is 3. The summed E-state index contributed by atoms with van der Waals surface area (Å²) in [6, 6.07) is 4.92. The lowest BCUT2D eigenvalue weighted by Gasteiger charge is -2.31. The van der Waals surface area contributed by atoms with Crippen molar-refractivity contribution in [2.75, 3.05) is 20.3 Å². The highest BCUT2D eigenvalue weighted by molar-refractivity contribution is 5.95. The molecule has 140 valence electrons. The molecule has 5 N–H and O–H groups in total. The zero-order valence-electron chi connectivity index (χ0n) is 14.3. The number of rotatable bonds is 7. The summed E-state index contributed by atoms with van der Waals surface area (Å²) in [5.41, 5.74) is 11.3. The maximum Gasteiger partial charge on any atom is 0.255 e. The lowest BCUT2D eigenvalue weighted by molar-refractivity contribution is -0.119. The van der Waals surface area contributed by atoms with Crippen molar-refractivity contribution in [1.29, 1.82) is 0 Å². The maximum absolute atomic E-state index is 12.5. The van der Waals surface area contributed by atoms with Crippen LogP contribution in [0.3, 0.4) is 0 Å². The lowest BCUT2D eigenvalue weighted by Crippen LogP contribution is -2.44. The molecule has 8 heteroatoms. The van der Waals surface area contributed by atoms with Gasteiger partial charge in [0.1, 0.15) is 0 Å². The van der Waals surface area contributed by atoms with Crippen LogP contribution in [-0.4, -0.2) is 38.1 Å². The molecule has 0 spiro atoms. The SMILES string of the molecule is COc1cc(C(=O)NC2CCCCC2CN)ccc1OCC(N)=O.Cl. The highest BCUT2D eigenvalue weighted by Crippen LogP contribution is 2.29. The maximum atomic E-state index is 12.5. The van der Waals surface area contributed by atoms with Crippen molar-refractivity contribution in [3.8, 4) is 11.5 Å². The van der Waals surface area contributed by atoms with Gasteiger partial charge in [0.05, 0.1) is 7.11 Å². The normalized spacial score (nSPS) is 19.4. The molecule has 1 aromatic carbocycles. The van der Waals surface area contributed by atoms with E-state index in [1.165, 1.54) is 7.11 Å². The van der Waals surface area contributed by atoms with Crippen LogP contribution in [0.4, 0.5) is 0 Å². The fourth-order valence-electron chi connectivity index (χ4n) is 3.01. The summed E-state index contributed by atoms with van der Waals surface area (Å²) < 4.78 is 10.5. The van der Waals surface area contributed by atoms with E-state index in [-0.39, 0.29) is 31.0 Å². The van der Waals surface area contributed by atoms with Gasteiger partial charge >= 0.3 is 0 Å². The Hall–Kier alpha value is -1.99. The van der Waals surface area contributed by atoms with Gasteiger partial charge < -0.3 is 26.3 Å². The van der Waals surface area contributed by atoms with Crippen LogP contribution in [0.15, 0.2) is 18.2 Å². The van der Waals surface area contributed by atoms with Gasteiger partial charge in [-0.25, -0.2) is 0 Å². The molecule has 1 fully saturated rings. The summed E-state index contributed by atoms with van der Waals surface area (Å²) in [4.78, 5) is 23.3. The number of nitrogens with two attached hydrogens (primary N) is 2. The molecule has 1 aliphatic carbocycles. The summed E-state index contributed by atoms with van der Waals surface area (Å²) in [6.07, 6.45) is 4.26. The first-order valence-electron chi connectivity index (χ1n) is 8.15. The van der Waals surface area contributed by atoms with Crippen LogP contribution in [0.5, 0.6) is 11.5 Å². The molecule has 25 heavy (non-hydrogen) atoms. The van der Waals surface area contributed by atoms with Gasteiger partial charge in [0.2, 0.25) is 0 Å². The standard InChI is InChI=1S/C17H25N3O4.ClH/c1-23-15-8-11(6-7-14(15)24-10-16(19)21)17(22)20-13-5-3-2-4-12(13)9-18;/h6-8,12-13H,2-5,9-10,18H2,1H3,(H2,19,21)(H,20,22);1H. The van der Waals surface area contributed by atoms with Crippen LogP contribution in [0, 0.1) is 5.92 Å². The third kappa shape index (κ3) is 5.79. The second kappa shape index (κ2) is 10.1. The predicted molar refractivity (Wildman–Crippen MR) is 97.2 cm³/mol. The summed E-state index contributed by atoms with van der Waals surface area (Å²) in [7, 11) is 1.47. The Kier molecular flexibility index (Phi) is 8.51. The molecular formula is C17H26ClN3O4. The van der Waals surface area contributed by atoms with E-state index in [0.29, 0.717) is 29.5 Å². The van der Waals surface area contributed by atoms with Crippen LogP contribution in [-0.2, 0) is 4.79 Å². The topological polar surface area (TPSA) is 117 Å². The fraction of sp³-hybridized carbons (Fsp3) is 0.529. The summed E-state index contributed by atoms with van der Waals surface area (Å²) in [5.74, 6) is 0.320. The van der Waals surface area contributed by atoms with Crippen molar-refractivity contribution >= 4 is 24.2 Å². The number of primary amides is 1. The molecule has 0 heterocycles. The second-order valence-corrected chi connectivity index (χ2v) is 5.98. The Labute approximate surface area is 153 Å². The Morgan fingerprint density at radius 1 is 1.24 bits per heavy atom. The number of carbonyl (C=O) groups excluding carboxylic acids is 2. The van der Waals surface area contributed by atoms with E-state index in [1.54, 1.807) is 18.2 Å². The Balaban J connectivity index is 0.00000312. The Bertz CT molecular complexity index is 597. The van der Waals surface area contributed by atoms with Crippen LogP contribution in [0.25, 0.3) is 0 Å². The van der Waals surface area contributed by atoms with Crippen LogP contribution in [0.1, 0.15) is 36.0 Å². The molecule has 2 amide bonds. The molecule has 1 aromatic rings. The molecule has 7 nitrogen and oxygen atoms in total. The first-order valence-corrected chi connectivity index (χ1v) is 8.15.